The summed E-state index contributed by atoms with van der Waals surface area (Å²) in [6.07, 6.45) is 3.09. The first-order valence-electron chi connectivity index (χ1n) is 13.0. The Kier molecular flexibility index (Phi) is 9.28. The van der Waals surface area contributed by atoms with E-state index in [1.54, 1.807) is 36.4 Å². The number of hydrogen-bond acceptors (Lipinski definition) is 12. The maximum atomic E-state index is 13.5. The largest absolute Gasteiger partial charge is 0.421 e. The highest BCUT2D eigenvalue weighted by Crippen LogP contribution is 2.44. The molecule has 0 aromatic heterocycles. The SMILES string of the molecule is N#Cc1ccc(C(O)(C(N)=O)c2ccccc2)c(OC(=O)C2C=CCN2)c1OC(=O)[C@](N)(CO)S(=O)(=O)Cc1ccccc1. The molecule has 0 saturated carbocycles. The number of primary amides is 1. The molecule has 0 saturated heterocycles. The van der Waals surface area contributed by atoms with Gasteiger partial charge >= 0.3 is 11.9 Å². The first-order valence-corrected chi connectivity index (χ1v) is 14.7. The Morgan fingerprint density at radius 1 is 1.00 bits per heavy atom. The van der Waals surface area contributed by atoms with Crippen molar-refractivity contribution in [2.24, 2.45) is 11.5 Å². The zero-order chi connectivity index (χ0) is 32.1. The number of aliphatic hydroxyl groups is 2. The van der Waals surface area contributed by atoms with E-state index < -0.39 is 79.2 Å². The molecule has 1 heterocycles. The molecule has 2 unspecified atom stereocenters. The van der Waals surface area contributed by atoms with Crippen molar-refractivity contribution in [2.75, 3.05) is 13.2 Å². The highest BCUT2D eigenvalue weighted by molar-refractivity contribution is 7.92. The standard InChI is InChI=1S/C30H28N4O9S/c31-16-20-13-14-22(30(39,27(32)37)21-10-5-2-6-11-21)25(42-26(36)23-12-7-15-34-23)24(20)43-28(38)29(33,18-35)44(40,41)17-19-8-3-1-4-9-19/h1-14,23,34-35,39H,15,17-18,33H2,(H2,32,37)/t23?,29-,30?/m0/s1. The number of nitrogens with two attached hydrogens (primary N) is 2. The second-order valence-electron chi connectivity index (χ2n) is 9.79. The number of rotatable bonds is 11. The minimum Gasteiger partial charge on any atom is -0.421 e. The minimum atomic E-state index is -4.69. The van der Waals surface area contributed by atoms with Crippen LogP contribution < -0.4 is 26.3 Å². The zero-order valence-corrected chi connectivity index (χ0v) is 23.9. The van der Waals surface area contributed by atoms with Gasteiger partial charge in [0.2, 0.25) is 4.87 Å². The summed E-state index contributed by atoms with van der Waals surface area (Å²) in [6, 6.07) is 17.8. The highest BCUT2D eigenvalue weighted by Gasteiger charge is 2.50. The second-order valence-corrected chi connectivity index (χ2v) is 12.0. The molecule has 3 aromatic carbocycles. The second kappa shape index (κ2) is 12.8. The number of aliphatic hydroxyl groups excluding tert-OH is 1. The van der Waals surface area contributed by atoms with E-state index in [-0.39, 0.29) is 11.1 Å². The maximum absolute atomic E-state index is 13.5. The molecule has 4 rings (SSSR count). The van der Waals surface area contributed by atoms with Crippen LogP contribution in [0.5, 0.6) is 11.5 Å². The first-order chi connectivity index (χ1) is 20.9. The van der Waals surface area contributed by atoms with E-state index in [0.717, 1.165) is 12.1 Å². The van der Waals surface area contributed by atoms with Crippen molar-refractivity contribution in [1.29, 1.82) is 5.26 Å². The van der Waals surface area contributed by atoms with Crippen molar-refractivity contribution in [1.82, 2.24) is 5.32 Å². The van der Waals surface area contributed by atoms with Crippen LogP contribution >= 0.6 is 0 Å². The van der Waals surface area contributed by atoms with E-state index in [0.29, 0.717) is 6.54 Å². The average Bonchev–Trinajstić information content (AvgIpc) is 3.57. The molecule has 0 aliphatic carbocycles. The first kappa shape index (κ1) is 32.0. The molecular formula is C30H28N4O9S. The number of hydrogen-bond donors (Lipinski definition) is 5. The molecule has 0 spiro atoms. The Morgan fingerprint density at radius 3 is 2.18 bits per heavy atom. The molecule has 0 fully saturated rings. The normalized spacial score (nSPS) is 17.1. The molecule has 7 N–H and O–H groups in total. The van der Waals surface area contributed by atoms with E-state index in [1.807, 2.05) is 0 Å². The van der Waals surface area contributed by atoms with Crippen LogP contribution in [0.15, 0.2) is 84.9 Å². The van der Waals surface area contributed by atoms with Gasteiger partial charge in [0.1, 0.15) is 12.1 Å². The third kappa shape index (κ3) is 5.95. The Bertz CT molecular complexity index is 1760. The lowest BCUT2D eigenvalue weighted by Crippen LogP contribution is -2.59. The third-order valence-electron chi connectivity index (χ3n) is 6.94. The van der Waals surface area contributed by atoms with E-state index in [2.05, 4.69) is 5.32 Å². The number of nitrogens with zero attached hydrogens (tertiary/aromatic N) is 1. The molecule has 13 nitrogen and oxygen atoms in total. The van der Waals surface area contributed by atoms with Crippen LogP contribution in [0.2, 0.25) is 0 Å². The Balaban J connectivity index is 1.89. The summed E-state index contributed by atoms with van der Waals surface area (Å²) in [7, 11) is -4.69. The molecule has 3 aromatic rings. The molecule has 1 aliphatic heterocycles. The van der Waals surface area contributed by atoms with Gasteiger partial charge in [0, 0.05) is 12.1 Å². The highest BCUT2D eigenvalue weighted by atomic mass is 32.2. The van der Waals surface area contributed by atoms with Crippen LogP contribution in [0.4, 0.5) is 0 Å². The van der Waals surface area contributed by atoms with Gasteiger partial charge in [-0.25, -0.2) is 18.0 Å². The number of sulfone groups is 1. The Labute approximate surface area is 252 Å². The smallest absolute Gasteiger partial charge is 0.350 e. The number of ether oxygens (including phenoxy) is 2. The lowest BCUT2D eigenvalue weighted by atomic mass is 9.84. The molecule has 44 heavy (non-hydrogen) atoms. The molecule has 1 amide bonds. The number of carbonyl (C=O) groups excluding carboxylic acids is 3. The van der Waals surface area contributed by atoms with Crippen LogP contribution in [0, 0.1) is 11.3 Å². The summed E-state index contributed by atoms with van der Waals surface area (Å²) in [6.45, 7) is -1.11. The molecule has 228 valence electrons. The van der Waals surface area contributed by atoms with Gasteiger partial charge in [-0.15, -0.1) is 0 Å². The predicted octanol–water partition coefficient (Wildman–Crippen LogP) is -0.119. The molecule has 0 radical (unpaired) electrons. The molecule has 3 atom stereocenters. The van der Waals surface area contributed by atoms with Crippen LogP contribution in [-0.2, 0) is 35.6 Å². The van der Waals surface area contributed by atoms with Crippen molar-refractivity contribution in [3.8, 4) is 17.6 Å². The van der Waals surface area contributed by atoms with Gasteiger partial charge in [-0.05, 0) is 23.3 Å². The van der Waals surface area contributed by atoms with Crippen molar-refractivity contribution in [3.05, 3.63) is 107 Å². The number of benzene rings is 3. The van der Waals surface area contributed by atoms with E-state index in [9.17, 15) is 38.3 Å². The van der Waals surface area contributed by atoms with Gasteiger partial charge in [0.05, 0.1) is 17.9 Å². The van der Waals surface area contributed by atoms with Crippen LogP contribution in [0.1, 0.15) is 22.3 Å². The Morgan fingerprint density at radius 2 is 1.64 bits per heavy atom. The average molecular weight is 621 g/mol. The van der Waals surface area contributed by atoms with Crippen LogP contribution in [-0.4, -0.2) is 60.5 Å². The third-order valence-corrected chi connectivity index (χ3v) is 9.06. The summed E-state index contributed by atoms with van der Waals surface area (Å²) >= 11 is 0. The fourth-order valence-corrected chi connectivity index (χ4v) is 5.81. The lowest BCUT2D eigenvalue weighted by molar-refractivity contribution is -0.140. The van der Waals surface area contributed by atoms with E-state index >= 15 is 0 Å². The van der Waals surface area contributed by atoms with Gasteiger partial charge in [0.15, 0.2) is 26.9 Å². The van der Waals surface area contributed by atoms with E-state index in [4.69, 9.17) is 20.9 Å². The topological polar surface area (TPSA) is 232 Å². The Hall–Kier alpha value is -4.91. The number of carbonyl (C=O) groups is 3. The summed E-state index contributed by atoms with van der Waals surface area (Å²) in [5.74, 6) is -6.44. The van der Waals surface area contributed by atoms with Crippen molar-refractivity contribution in [3.63, 3.8) is 0 Å². The van der Waals surface area contributed by atoms with Gasteiger partial charge in [-0.3, -0.25) is 10.1 Å². The summed E-state index contributed by atoms with van der Waals surface area (Å²) in [5.41, 5.74) is 8.11. The predicted molar refractivity (Wildman–Crippen MR) is 155 cm³/mol. The van der Waals surface area contributed by atoms with Gasteiger partial charge in [0.25, 0.3) is 5.91 Å². The number of amides is 1. The zero-order valence-electron chi connectivity index (χ0n) is 23.0. The van der Waals surface area contributed by atoms with Crippen molar-refractivity contribution < 1.29 is 42.5 Å². The summed E-state index contributed by atoms with van der Waals surface area (Å²) < 4.78 is 37.6. The monoisotopic (exact) mass is 620 g/mol. The van der Waals surface area contributed by atoms with Crippen molar-refractivity contribution >= 4 is 27.7 Å². The van der Waals surface area contributed by atoms with Gasteiger partial charge < -0.3 is 31.2 Å². The van der Waals surface area contributed by atoms with Gasteiger partial charge in [-0.1, -0.05) is 72.8 Å². The van der Waals surface area contributed by atoms with Crippen LogP contribution in [0.3, 0.4) is 0 Å². The minimum absolute atomic E-state index is 0.0698. The number of nitrogens with one attached hydrogen (secondary N) is 1. The summed E-state index contributed by atoms with van der Waals surface area (Å²) in [5, 5.41) is 34.5. The fraction of sp³-hybridized carbons (Fsp3) is 0.200. The molecular weight excluding hydrogens is 592 g/mol. The van der Waals surface area contributed by atoms with Crippen LogP contribution in [0.25, 0.3) is 0 Å². The summed E-state index contributed by atoms with van der Waals surface area (Å²) in [4.78, 5) is 36.4. The maximum Gasteiger partial charge on any atom is 0.350 e. The molecule has 14 heteroatoms. The number of nitriles is 1. The van der Waals surface area contributed by atoms with Crippen molar-refractivity contribution in [2.45, 2.75) is 22.3 Å². The lowest BCUT2D eigenvalue weighted by Gasteiger charge is -2.30. The molecule has 1 aliphatic rings. The quantitative estimate of drug-likeness (QED) is 0.107. The molecule has 0 bridgehead atoms. The number of esters is 2. The van der Waals surface area contributed by atoms with E-state index in [1.165, 1.54) is 42.5 Å². The fourth-order valence-electron chi connectivity index (χ4n) is 4.43. The van der Waals surface area contributed by atoms with Gasteiger partial charge in [-0.2, -0.15) is 5.26 Å².